The van der Waals surface area contributed by atoms with E-state index in [1.54, 1.807) is 20.8 Å². The van der Waals surface area contributed by atoms with Crippen LogP contribution in [-0.2, 0) is 4.79 Å². The summed E-state index contributed by atoms with van der Waals surface area (Å²) in [6.07, 6.45) is 0.403. The summed E-state index contributed by atoms with van der Waals surface area (Å²) in [5.41, 5.74) is 0.441. The SMILES string of the molecule is CCC(CNC(=O)c1c(C)c(C)n[nH]c1=O)C(=O)O. The summed E-state index contributed by atoms with van der Waals surface area (Å²) >= 11 is 0. The smallest absolute Gasteiger partial charge is 0.308 e. The summed E-state index contributed by atoms with van der Waals surface area (Å²) in [6.45, 7) is 5.01. The molecule has 7 heteroatoms. The minimum atomic E-state index is -0.973. The molecular weight excluding hydrogens is 250 g/mol. The van der Waals surface area contributed by atoms with Crippen molar-refractivity contribution in [2.24, 2.45) is 5.92 Å². The number of aryl methyl sites for hydroxylation is 1. The number of H-pyrrole nitrogens is 1. The van der Waals surface area contributed by atoms with Crippen LogP contribution in [0.5, 0.6) is 0 Å². The monoisotopic (exact) mass is 267 g/mol. The molecule has 0 aliphatic heterocycles. The predicted molar refractivity (Wildman–Crippen MR) is 68.1 cm³/mol. The van der Waals surface area contributed by atoms with Crippen LogP contribution >= 0.6 is 0 Å². The van der Waals surface area contributed by atoms with Gasteiger partial charge >= 0.3 is 5.97 Å². The minimum Gasteiger partial charge on any atom is -0.481 e. The molecule has 1 rings (SSSR count). The molecule has 7 nitrogen and oxygen atoms in total. The Morgan fingerprint density at radius 1 is 1.42 bits per heavy atom. The number of hydrogen-bond acceptors (Lipinski definition) is 4. The Morgan fingerprint density at radius 3 is 2.58 bits per heavy atom. The van der Waals surface area contributed by atoms with Crippen LogP contribution in [0.15, 0.2) is 4.79 Å². The zero-order chi connectivity index (χ0) is 14.6. The van der Waals surface area contributed by atoms with Crippen LogP contribution in [0.3, 0.4) is 0 Å². The molecule has 0 saturated carbocycles. The van der Waals surface area contributed by atoms with Crippen molar-refractivity contribution in [2.45, 2.75) is 27.2 Å². The maximum atomic E-state index is 11.9. The summed E-state index contributed by atoms with van der Waals surface area (Å²) in [6, 6.07) is 0. The first kappa shape index (κ1) is 14.9. The van der Waals surface area contributed by atoms with Crippen molar-refractivity contribution >= 4 is 11.9 Å². The van der Waals surface area contributed by atoms with E-state index in [1.807, 2.05) is 0 Å². The van der Waals surface area contributed by atoms with Gasteiger partial charge in [-0.2, -0.15) is 5.10 Å². The quantitative estimate of drug-likeness (QED) is 0.706. The standard InChI is InChI=1S/C12H17N3O4/c1-4-8(12(18)19)5-13-10(16)9-6(2)7(3)14-15-11(9)17/h8H,4-5H2,1-3H3,(H,13,16)(H,15,17)(H,18,19). The van der Waals surface area contributed by atoms with Crippen molar-refractivity contribution in [3.63, 3.8) is 0 Å². The van der Waals surface area contributed by atoms with Gasteiger partial charge in [-0.1, -0.05) is 6.92 Å². The number of aromatic nitrogens is 2. The lowest BCUT2D eigenvalue weighted by Gasteiger charge is -2.12. The molecule has 3 N–H and O–H groups in total. The highest BCUT2D eigenvalue weighted by molar-refractivity contribution is 5.95. The normalized spacial score (nSPS) is 11.9. The number of aromatic amines is 1. The highest BCUT2D eigenvalue weighted by Gasteiger charge is 2.19. The number of nitrogens with zero attached hydrogens (tertiary/aromatic N) is 1. The van der Waals surface area contributed by atoms with Gasteiger partial charge in [-0.25, -0.2) is 5.10 Å². The van der Waals surface area contributed by atoms with E-state index >= 15 is 0 Å². The fraction of sp³-hybridized carbons (Fsp3) is 0.500. The van der Waals surface area contributed by atoms with Crippen molar-refractivity contribution in [2.75, 3.05) is 6.54 Å². The second-order valence-electron chi connectivity index (χ2n) is 4.29. The van der Waals surface area contributed by atoms with Crippen LogP contribution in [0.25, 0.3) is 0 Å². The molecule has 0 radical (unpaired) electrons. The first-order chi connectivity index (χ1) is 8.88. The summed E-state index contributed by atoms with van der Waals surface area (Å²) in [5.74, 6) is -2.21. The van der Waals surface area contributed by atoms with Gasteiger partial charge in [0.15, 0.2) is 0 Å². The van der Waals surface area contributed by atoms with E-state index in [1.165, 1.54) is 0 Å². The van der Waals surface area contributed by atoms with E-state index in [4.69, 9.17) is 5.11 Å². The van der Waals surface area contributed by atoms with Crippen molar-refractivity contribution in [1.29, 1.82) is 0 Å². The number of carbonyl (C=O) groups excluding carboxylic acids is 1. The summed E-state index contributed by atoms with van der Waals surface area (Å²) in [7, 11) is 0. The third-order valence-corrected chi connectivity index (χ3v) is 3.05. The zero-order valence-corrected chi connectivity index (χ0v) is 11.1. The van der Waals surface area contributed by atoms with Crippen molar-refractivity contribution in [3.8, 4) is 0 Å². The van der Waals surface area contributed by atoms with Crippen LogP contribution in [0, 0.1) is 19.8 Å². The molecule has 0 bridgehead atoms. The average molecular weight is 267 g/mol. The minimum absolute atomic E-state index is 0.00901. The Bertz CT molecular complexity index is 550. The molecular formula is C12H17N3O4. The van der Waals surface area contributed by atoms with Gasteiger partial charge in [-0.15, -0.1) is 0 Å². The third kappa shape index (κ3) is 3.40. The maximum Gasteiger partial charge on any atom is 0.308 e. The van der Waals surface area contributed by atoms with Crippen LogP contribution in [0.2, 0.25) is 0 Å². The molecule has 0 spiro atoms. The summed E-state index contributed by atoms with van der Waals surface area (Å²) in [4.78, 5) is 34.4. The van der Waals surface area contributed by atoms with E-state index in [0.717, 1.165) is 0 Å². The fourth-order valence-electron chi connectivity index (χ4n) is 1.61. The molecule has 19 heavy (non-hydrogen) atoms. The second kappa shape index (κ2) is 6.12. The highest BCUT2D eigenvalue weighted by Crippen LogP contribution is 2.06. The first-order valence-corrected chi connectivity index (χ1v) is 5.95. The van der Waals surface area contributed by atoms with Crippen LogP contribution in [0.1, 0.15) is 35.0 Å². The molecule has 1 amide bonds. The Kier molecular flexibility index (Phi) is 4.80. The lowest BCUT2D eigenvalue weighted by molar-refractivity contribution is -0.141. The maximum absolute atomic E-state index is 11.9. The molecule has 0 aromatic carbocycles. The van der Waals surface area contributed by atoms with Gasteiger partial charge in [-0.05, 0) is 25.8 Å². The van der Waals surface area contributed by atoms with Gasteiger partial charge in [0.1, 0.15) is 5.56 Å². The van der Waals surface area contributed by atoms with E-state index < -0.39 is 23.4 Å². The van der Waals surface area contributed by atoms with E-state index in [-0.39, 0.29) is 12.1 Å². The van der Waals surface area contributed by atoms with Crippen LogP contribution in [-0.4, -0.2) is 33.7 Å². The van der Waals surface area contributed by atoms with Crippen molar-refractivity contribution in [3.05, 3.63) is 27.2 Å². The Morgan fingerprint density at radius 2 is 2.05 bits per heavy atom. The van der Waals surface area contributed by atoms with Crippen molar-refractivity contribution in [1.82, 2.24) is 15.5 Å². The van der Waals surface area contributed by atoms with Gasteiger partial charge < -0.3 is 10.4 Å². The molecule has 0 aliphatic carbocycles. The van der Waals surface area contributed by atoms with Crippen LogP contribution < -0.4 is 10.9 Å². The number of carboxylic acids is 1. The molecule has 1 atom stereocenters. The van der Waals surface area contributed by atoms with Crippen LogP contribution in [0.4, 0.5) is 0 Å². The zero-order valence-electron chi connectivity index (χ0n) is 11.1. The number of rotatable bonds is 5. The predicted octanol–water partition coefficient (Wildman–Crippen LogP) is 0.227. The van der Waals surface area contributed by atoms with Gasteiger partial charge in [-0.3, -0.25) is 14.4 Å². The Hall–Kier alpha value is -2.18. The first-order valence-electron chi connectivity index (χ1n) is 5.95. The molecule has 1 heterocycles. The molecule has 1 aromatic rings. The number of amides is 1. The van der Waals surface area contributed by atoms with Gasteiger partial charge in [0, 0.05) is 6.54 Å². The average Bonchev–Trinajstić information content (AvgIpc) is 2.34. The van der Waals surface area contributed by atoms with Gasteiger partial charge in [0.05, 0.1) is 11.6 Å². The second-order valence-corrected chi connectivity index (χ2v) is 4.29. The number of carbonyl (C=O) groups is 2. The third-order valence-electron chi connectivity index (χ3n) is 3.05. The largest absolute Gasteiger partial charge is 0.481 e. The Balaban J connectivity index is 2.88. The molecule has 104 valence electrons. The summed E-state index contributed by atoms with van der Waals surface area (Å²) < 4.78 is 0. The van der Waals surface area contributed by atoms with Gasteiger partial charge in [0.25, 0.3) is 11.5 Å². The molecule has 0 fully saturated rings. The lowest BCUT2D eigenvalue weighted by Crippen LogP contribution is -2.36. The topological polar surface area (TPSA) is 112 Å². The van der Waals surface area contributed by atoms with Gasteiger partial charge in [0.2, 0.25) is 0 Å². The van der Waals surface area contributed by atoms with E-state index in [0.29, 0.717) is 17.7 Å². The number of aliphatic carboxylic acids is 1. The fourth-order valence-corrected chi connectivity index (χ4v) is 1.61. The van der Waals surface area contributed by atoms with E-state index in [2.05, 4.69) is 15.5 Å². The number of hydrogen-bond donors (Lipinski definition) is 3. The lowest BCUT2D eigenvalue weighted by atomic mass is 10.1. The Labute approximate surface area is 110 Å². The van der Waals surface area contributed by atoms with E-state index in [9.17, 15) is 14.4 Å². The molecule has 0 aliphatic rings. The highest BCUT2D eigenvalue weighted by atomic mass is 16.4. The number of nitrogens with one attached hydrogen (secondary N) is 2. The molecule has 1 aromatic heterocycles. The van der Waals surface area contributed by atoms with Crippen molar-refractivity contribution < 1.29 is 14.7 Å². The molecule has 0 saturated heterocycles. The number of carboxylic acid groups (broad SMARTS) is 1. The molecule has 1 unspecified atom stereocenters. The summed E-state index contributed by atoms with van der Waals surface area (Å²) in [5, 5.41) is 17.3.